The number of nitrogens with one attached hydrogen (secondary N) is 2. The predicted octanol–water partition coefficient (Wildman–Crippen LogP) is 3.15. The molecule has 1 rings (SSSR count). The van der Waals surface area contributed by atoms with Gasteiger partial charge in [-0.1, -0.05) is 26.0 Å². The molecule has 1 aromatic carbocycles. The quantitative estimate of drug-likeness (QED) is 0.283. The molecule has 3 N–H and O–H groups in total. The first-order chi connectivity index (χ1) is 9.61. The summed E-state index contributed by atoms with van der Waals surface area (Å²) in [5, 5.41) is 15.8. The van der Waals surface area contributed by atoms with E-state index in [2.05, 4.69) is 29.5 Å². The summed E-state index contributed by atoms with van der Waals surface area (Å²) < 4.78 is 0. The van der Waals surface area contributed by atoms with Gasteiger partial charge in [-0.15, -0.1) is 24.0 Å². The molecule has 0 heterocycles. The zero-order chi connectivity index (χ0) is 14.8. The fraction of sp³-hybridized carbons (Fsp3) is 0.562. The number of rotatable bonds is 7. The summed E-state index contributed by atoms with van der Waals surface area (Å²) in [5.74, 6) is 1.90. The van der Waals surface area contributed by atoms with E-state index in [1.54, 1.807) is 19.2 Å². The minimum Gasteiger partial charge on any atom is -0.508 e. The molecule has 120 valence electrons. The monoisotopic (exact) mass is 405 g/mol. The molecule has 0 saturated carbocycles. The van der Waals surface area contributed by atoms with Crippen LogP contribution in [-0.2, 0) is 6.42 Å². The van der Waals surface area contributed by atoms with Gasteiger partial charge in [0.25, 0.3) is 0 Å². The molecule has 0 bridgehead atoms. The zero-order valence-corrected chi connectivity index (χ0v) is 15.6. The Balaban J connectivity index is 0.00000400. The molecule has 0 amide bonds. The Labute approximate surface area is 145 Å². The third-order valence-corrected chi connectivity index (χ3v) is 3.11. The lowest BCUT2D eigenvalue weighted by Crippen LogP contribution is -2.38. The Morgan fingerprint density at radius 3 is 2.33 bits per heavy atom. The van der Waals surface area contributed by atoms with Crippen LogP contribution in [-0.4, -0.2) is 31.2 Å². The second kappa shape index (κ2) is 11.7. The van der Waals surface area contributed by atoms with E-state index < -0.39 is 0 Å². The fourth-order valence-electron chi connectivity index (χ4n) is 1.86. The molecular weight excluding hydrogens is 377 g/mol. The van der Waals surface area contributed by atoms with Gasteiger partial charge in [0.05, 0.1) is 0 Å². The van der Waals surface area contributed by atoms with Crippen molar-refractivity contribution in [3.63, 3.8) is 0 Å². The Morgan fingerprint density at radius 1 is 1.14 bits per heavy atom. The largest absolute Gasteiger partial charge is 0.508 e. The summed E-state index contributed by atoms with van der Waals surface area (Å²) in [6, 6.07) is 7.39. The van der Waals surface area contributed by atoms with Crippen LogP contribution < -0.4 is 10.6 Å². The van der Waals surface area contributed by atoms with Crippen LogP contribution in [0.5, 0.6) is 5.75 Å². The highest BCUT2D eigenvalue weighted by molar-refractivity contribution is 14.0. The number of aromatic hydroxyl groups is 1. The highest BCUT2D eigenvalue weighted by Gasteiger charge is 1.99. The van der Waals surface area contributed by atoms with Crippen LogP contribution in [0, 0.1) is 5.92 Å². The van der Waals surface area contributed by atoms with E-state index in [4.69, 9.17) is 0 Å². The van der Waals surface area contributed by atoms with Gasteiger partial charge in [-0.3, -0.25) is 4.99 Å². The van der Waals surface area contributed by atoms with Gasteiger partial charge >= 0.3 is 0 Å². The highest BCUT2D eigenvalue weighted by Crippen LogP contribution is 2.10. The van der Waals surface area contributed by atoms with Crippen LogP contribution in [0.2, 0.25) is 0 Å². The molecule has 0 radical (unpaired) electrons. The van der Waals surface area contributed by atoms with Crippen molar-refractivity contribution in [2.75, 3.05) is 20.1 Å². The Hall–Kier alpha value is -0.980. The smallest absolute Gasteiger partial charge is 0.190 e. The van der Waals surface area contributed by atoms with Gasteiger partial charge in [0.15, 0.2) is 5.96 Å². The van der Waals surface area contributed by atoms with Gasteiger partial charge in [0.1, 0.15) is 5.75 Å². The average Bonchev–Trinajstić information content (AvgIpc) is 2.43. The number of halogens is 1. The third kappa shape index (κ3) is 9.55. The van der Waals surface area contributed by atoms with Crippen molar-refractivity contribution in [2.24, 2.45) is 10.9 Å². The summed E-state index contributed by atoms with van der Waals surface area (Å²) in [4.78, 5) is 4.20. The van der Waals surface area contributed by atoms with Crippen molar-refractivity contribution in [3.05, 3.63) is 29.8 Å². The van der Waals surface area contributed by atoms with Crippen LogP contribution in [0.15, 0.2) is 29.3 Å². The molecule has 1 aromatic rings. The molecule has 0 aliphatic heterocycles. The van der Waals surface area contributed by atoms with Crippen molar-refractivity contribution >= 4 is 29.9 Å². The number of guanidine groups is 1. The number of phenolic OH excluding ortho intramolecular Hbond substituents is 1. The van der Waals surface area contributed by atoms with Crippen molar-refractivity contribution in [3.8, 4) is 5.75 Å². The van der Waals surface area contributed by atoms with Gasteiger partial charge in [-0.25, -0.2) is 0 Å². The van der Waals surface area contributed by atoms with E-state index in [9.17, 15) is 5.11 Å². The number of nitrogens with zero attached hydrogens (tertiary/aromatic N) is 1. The fourth-order valence-corrected chi connectivity index (χ4v) is 1.86. The van der Waals surface area contributed by atoms with Crippen molar-refractivity contribution < 1.29 is 5.11 Å². The average molecular weight is 405 g/mol. The topological polar surface area (TPSA) is 56.7 Å². The second-order valence-corrected chi connectivity index (χ2v) is 5.38. The number of aliphatic imine (C=N–C) groups is 1. The van der Waals surface area contributed by atoms with Crippen molar-refractivity contribution in [1.29, 1.82) is 0 Å². The molecule has 0 aliphatic rings. The van der Waals surface area contributed by atoms with Gasteiger partial charge < -0.3 is 15.7 Å². The van der Waals surface area contributed by atoms with E-state index in [1.165, 1.54) is 5.56 Å². The summed E-state index contributed by atoms with van der Waals surface area (Å²) in [5.41, 5.74) is 1.24. The summed E-state index contributed by atoms with van der Waals surface area (Å²) >= 11 is 0. The van der Waals surface area contributed by atoms with Crippen LogP contribution in [0.1, 0.15) is 32.3 Å². The van der Waals surface area contributed by atoms with Crippen LogP contribution in [0.25, 0.3) is 0 Å². The van der Waals surface area contributed by atoms with E-state index in [0.29, 0.717) is 11.7 Å². The Kier molecular flexibility index (Phi) is 11.1. The van der Waals surface area contributed by atoms with Crippen LogP contribution in [0.3, 0.4) is 0 Å². The van der Waals surface area contributed by atoms with Crippen LogP contribution >= 0.6 is 24.0 Å². The number of phenols is 1. The maximum Gasteiger partial charge on any atom is 0.190 e. The summed E-state index contributed by atoms with van der Waals surface area (Å²) in [6.45, 7) is 6.28. The lowest BCUT2D eigenvalue weighted by atomic mass is 10.1. The highest BCUT2D eigenvalue weighted by atomic mass is 127. The maximum absolute atomic E-state index is 9.22. The van der Waals surface area contributed by atoms with E-state index in [1.807, 2.05) is 12.1 Å². The first-order valence-corrected chi connectivity index (χ1v) is 7.34. The molecule has 21 heavy (non-hydrogen) atoms. The molecule has 5 heteroatoms. The first-order valence-electron chi connectivity index (χ1n) is 7.34. The van der Waals surface area contributed by atoms with Gasteiger partial charge in [0, 0.05) is 20.1 Å². The number of aryl methyl sites for hydroxylation is 1. The Bertz CT molecular complexity index is 404. The molecule has 0 aromatic heterocycles. The lowest BCUT2D eigenvalue weighted by Gasteiger charge is -2.12. The van der Waals surface area contributed by atoms with Crippen LogP contribution in [0.4, 0.5) is 0 Å². The second-order valence-electron chi connectivity index (χ2n) is 5.38. The molecular formula is C16H28IN3O. The molecule has 0 saturated heterocycles. The molecule has 0 fully saturated rings. The third-order valence-electron chi connectivity index (χ3n) is 3.11. The van der Waals surface area contributed by atoms with Crippen molar-refractivity contribution in [2.45, 2.75) is 33.1 Å². The predicted molar refractivity (Wildman–Crippen MR) is 101 cm³/mol. The summed E-state index contributed by atoms with van der Waals surface area (Å²) in [7, 11) is 1.80. The molecule has 0 unspecified atom stereocenters. The SMILES string of the molecule is CN=C(NCCCc1ccc(O)cc1)NCCC(C)C.I. The minimum absolute atomic E-state index is 0. The zero-order valence-electron chi connectivity index (χ0n) is 13.2. The molecule has 4 nitrogen and oxygen atoms in total. The summed E-state index contributed by atoms with van der Waals surface area (Å²) in [6.07, 6.45) is 3.18. The maximum atomic E-state index is 9.22. The van der Waals surface area contributed by atoms with E-state index >= 15 is 0 Å². The van der Waals surface area contributed by atoms with Gasteiger partial charge in [0.2, 0.25) is 0 Å². The number of hydrogen-bond acceptors (Lipinski definition) is 2. The standard InChI is InChI=1S/C16H27N3O.HI/c1-13(2)10-12-19-16(17-3)18-11-4-5-14-6-8-15(20)9-7-14;/h6-9,13,20H,4-5,10-12H2,1-3H3,(H2,17,18,19);1H. The number of hydrogen-bond donors (Lipinski definition) is 3. The molecule has 0 aliphatic carbocycles. The van der Waals surface area contributed by atoms with E-state index in [0.717, 1.165) is 38.3 Å². The van der Waals surface area contributed by atoms with E-state index in [-0.39, 0.29) is 24.0 Å². The van der Waals surface area contributed by atoms with Crippen molar-refractivity contribution in [1.82, 2.24) is 10.6 Å². The van der Waals surface area contributed by atoms with Gasteiger partial charge in [-0.2, -0.15) is 0 Å². The lowest BCUT2D eigenvalue weighted by molar-refractivity contribution is 0.475. The number of benzene rings is 1. The molecule has 0 atom stereocenters. The Morgan fingerprint density at radius 2 is 1.76 bits per heavy atom. The minimum atomic E-state index is 0. The van der Waals surface area contributed by atoms with Gasteiger partial charge in [-0.05, 0) is 42.9 Å². The molecule has 0 spiro atoms. The first kappa shape index (κ1) is 20.0. The normalized spacial score (nSPS) is 11.1.